The topological polar surface area (TPSA) is 113 Å². The van der Waals surface area contributed by atoms with Gasteiger partial charge < -0.3 is 21.1 Å². The second kappa shape index (κ2) is 11.4. The maximum absolute atomic E-state index is 11.9. The smallest absolute Gasteiger partial charge is 0.335 e. The molecule has 4 N–H and O–H groups in total. The third-order valence-corrected chi connectivity index (χ3v) is 17.5. The van der Waals surface area contributed by atoms with Gasteiger partial charge >= 0.3 is 5.97 Å². The Bertz CT molecular complexity index is 1530. The van der Waals surface area contributed by atoms with Gasteiger partial charge in [0.25, 0.3) is 0 Å². The van der Waals surface area contributed by atoms with E-state index in [4.69, 9.17) is 5.73 Å². The van der Waals surface area contributed by atoms with Crippen molar-refractivity contribution in [1.29, 1.82) is 0 Å². The van der Waals surface area contributed by atoms with Crippen LogP contribution in [0.5, 0.6) is 0 Å². The van der Waals surface area contributed by atoms with Crippen molar-refractivity contribution in [3.05, 3.63) is 41.5 Å². The van der Waals surface area contributed by atoms with Crippen LogP contribution in [0.3, 0.4) is 0 Å². The lowest BCUT2D eigenvalue weighted by Gasteiger charge is -2.72. The Morgan fingerprint density at radius 1 is 0.915 bits per heavy atom. The monoisotopic (exact) mass is 665 g/mol. The fraction of sp³-hybridized carbons (Fsp3) is 0.769. The molecule has 1 aromatic rings. The maximum atomic E-state index is 11.9. The van der Waals surface area contributed by atoms with E-state index < -0.39 is 15.8 Å². The largest absolute Gasteiger partial charge is 0.478 e. The SMILES string of the molecule is CC1(C)C(c2ccc(C(=O)O)cc2)=CCC2(C)C1CCC1(C)C2CCC2C3C(N)CCC3(NCCN3CCS(=O)(=O)CC3)CCC21C. The van der Waals surface area contributed by atoms with Crippen LogP contribution in [0.15, 0.2) is 30.3 Å². The van der Waals surface area contributed by atoms with Crippen molar-refractivity contribution >= 4 is 21.4 Å². The quantitative estimate of drug-likeness (QED) is 0.330. The van der Waals surface area contributed by atoms with Crippen LogP contribution in [0.4, 0.5) is 0 Å². The highest BCUT2D eigenvalue weighted by molar-refractivity contribution is 7.91. The number of nitrogens with one attached hydrogen (secondary N) is 1. The van der Waals surface area contributed by atoms with E-state index in [2.05, 4.69) is 50.9 Å². The summed E-state index contributed by atoms with van der Waals surface area (Å²) in [5.74, 6) is 2.07. The van der Waals surface area contributed by atoms with E-state index in [9.17, 15) is 18.3 Å². The first-order chi connectivity index (χ1) is 22.1. The summed E-state index contributed by atoms with van der Waals surface area (Å²) in [6.45, 7) is 16.0. The first-order valence-electron chi connectivity index (χ1n) is 18.5. The Morgan fingerprint density at radius 2 is 1.62 bits per heavy atom. The molecule has 5 fully saturated rings. The minimum Gasteiger partial charge on any atom is -0.478 e. The fourth-order valence-electron chi connectivity index (χ4n) is 13.3. The van der Waals surface area contributed by atoms with Crippen LogP contribution >= 0.6 is 0 Å². The zero-order valence-corrected chi connectivity index (χ0v) is 30.3. The van der Waals surface area contributed by atoms with Gasteiger partial charge in [0, 0.05) is 37.8 Å². The van der Waals surface area contributed by atoms with Crippen LogP contribution < -0.4 is 11.1 Å². The molecule has 7 nitrogen and oxygen atoms in total. The van der Waals surface area contributed by atoms with Gasteiger partial charge in [-0.2, -0.15) is 0 Å². The third-order valence-electron chi connectivity index (χ3n) is 15.8. The molecule has 0 aromatic heterocycles. The van der Waals surface area contributed by atoms with Crippen LogP contribution in [0.25, 0.3) is 5.57 Å². The first kappa shape index (κ1) is 33.7. The minimum atomic E-state index is -2.86. The van der Waals surface area contributed by atoms with E-state index in [-0.39, 0.29) is 33.2 Å². The first-order valence-corrected chi connectivity index (χ1v) is 20.4. The Labute approximate surface area is 283 Å². The average molecular weight is 666 g/mol. The molecule has 1 saturated heterocycles. The van der Waals surface area contributed by atoms with Crippen molar-refractivity contribution in [1.82, 2.24) is 10.2 Å². The van der Waals surface area contributed by atoms with E-state index in [0.29, 0.717) is 53.8 Å². The molecule has 0 bridgehead atoms. The molecular formula is C39H59N3O4S. The summed E-state index contributed by atoms with van der Waals surface area (Å²) < 4.78 is 23.9. The second-order valence-corrected chi connectivity index (χ2v) is 20.2. The van der Waals surface area contributed by atoms with Crippen molar-refractivity contribution in [2.45, 2.75) is 104 Å². The summed E-state index contributed by atoms with van der Waals surface area (Å²) in [7, 11) is -2.86. The van der Waals surface area contributed by atoms with Crippen molar-refractivity contribution in [2.24, 2.45) is 51.1 Å². The molecule has 0 radical (unpaired) electrons. The van der Waals surface area contributed by atoms with E-state index in [1.165, 1.54) is 49.7 Å². The Hall–Kier alpha value is -1.74. The van der Waals surface area contributed by atoms with Gasteiger partial charge in [-0.3, -0.25) is 0 Å². The van der Waals surface area contributed by atoms with Gasteiger partial charge in [-0.25, -0.2) is 13.2 Å². The molecule has 7 rings (SSSR count). The number of fused-ring (bicyclic) bond motifs is 7. The molecule has 47 heavy (non-hydrogen) atoms. The molecule has 9 unspecified atom stereocenters. The molecule has 5 aliphatic carbocycles. The molecule has 6 aliphatic rings. The minimum absolute atomic E-state index is 0.00874. The van der Waals surface area contributed by atoms with Crippen LogP contribution in [-0.4, -0.2) is 73.7 Å². The number of aromatic carboxylic acids is 1. The maximum Gasteiger partial charge on any atom is 0.335 e. The van der Waals surface area contributed by atoms with Gasteiger partial charge in [0.05, 0.1) is 17.1 Å². The molecule has 9 atom stereocenters. The summed E-state index contributed by atoms with van der Waals surface area (Å²) in [5, 5.41) is 13.6. The van der Waals surface area contributed by atoms with E-state index in [1.54, 1.807) is 12.1 Å². The van der Waals surface area contributed by atoms with E-state index in [1.807, 2.05) is 12.1 Å². The second-order valence-electron chi connectivity index (χ2n) is 17.9. The molecule has 1 aromatic carbocycles. The van der Waals surface area contributed by atoms with Crippen LogP contribution in [0, 0.1) is 45.3 Å². The molecule has 4 saturated carbocycles. The molecule has 0 spiro atoms. The number of benzene rings is 1. The lowest BCUT2D eigenvalue weighted by Crippen LogP contribution is -2.69. The number of rotatable bonds is 6. The molecular weight excluding hydrogens is 607 g/mol. The normalized spacial score (nSPS) is 44.0. The number of allylic oxidation sites excluding steroid dienone is 2. The number of carboxylic acid groups (broad SMARTS) is 1. The third kappa shape index (κ3) is 5.12. The molecule has 1 aliphatic heterocycles. The van der Waals surface area contributed by atoms with Crippen molar-refractivity contribution < 1.29 is 18.3 Å². The summed E-state index contributed by atoms with van der Waals surface area (Å²) in [6, 6.07) is 7.79. The van der Waals surface area contributed by atoms with Gasteiger partial charge in [0.15, 0.2) is 9.84 Å². The zero-order chi connectivity index (χ0) is 33.6. The van der Waals surface area contributed by atoms with Crippen LogP contribution in [-0.2, 0) is 9.84 Å². The van der Waals surface area contributed by atoms with Gasteiger partial charge in [-0.05, 0) is 126 Å². The zero-order valence-electron chi connectivity index (χ0n) is 29.5. The molecule has 1 heterocycles. The summed E-state index contributed by atoms with van der Waals surface area (Å²) in [6.07, 6.45) is 13.3. The van der Waals surface area contributed by atoms with Crippen molar-refractivity contribution in [2.75, 3.05) is 37.7 Å². The Balaban J connectivity index is 1.12. The number of nitrogens with zero attached hydrogens (tertiary/aromatic N) is 1. The van der Waals surface area contributed by atoms with Gasteiger partial charge in [-0.15, -0.1) is 0 Å². The number of carboxylic acids is 1. The average Bonchev–Trinajstić information content (AvgIpc) is 3.34. The van der Waals surface area contributed by atoms with Crippen LogP contribution in [0.2, 0.25) is 0 Å². The van der Waals surface area contributed by atoms with Gasteiger partial charge in [-0.1, -0.05) is 52.8 Å². The standard InChI is InChI=1S/C39H59N3O4S/c1-35(2)28(26-6-8-27(9-7-26)34(43)44)12-15-36(3)31(35)14-16-38(5)32(36)11-10-29-33-30(40)13-17-39(33,19-18-37(29,38)4)41-20-21-42-22-24-47(45,46)25-23-42/h6-9,12,29-33,41H,10-11,13-25,40H2,1-5H3,(H,43,44). The van der Waals surface area contributed by atoms with E-state index >= 15 is 0 Å². The molecule has 0 amide bonds. The lowest BCUT2D eigenvalue weighted by molar-refractivity contribution is -0.218. The number of nitrogens with two attached hydrogens (primary N) is 1. The highest BCUT2D eigenvalue weighted by Gasteiger charge is 2.70. The number of hydrogen-bond acceptors (Lipinski definition) is 6. The summed E-state index contributed by atoms with van der Waals surface area (Å²) in [5.41, 5.74) is 10.9. The summed E-state index contributed by atoms with van der Waals surface area (Å²) in [4.78, 5) is 13.8. The number of hydrogen-bond donors (Lipinski definition) is 3. The molecule has 260 valence electrons. The van der Waals surface area contributed by atoms with Crippen molar-refractivity contribution in [3.63, 3.8) is 0 Å². The Morgan fingerprint density at radius 3 is 2.30 bits per heavy atom. The fourth-order valence-corrected chi connectivity index (χ4v) is 14.6. The lowest BCUT2D eigenvalue weighted by atomic mass is 9.33. The van der Waals surface area contributed by atoms with Gasteiger partial charge in [0.1, 0.15) is 0 Å². The highest BCUT2D eigenvalue weighted by Crippen LogP contribution is 2.76. The van der Waals surface area contributed by atoms with Crippen LogP contribution in [0.1, 0.15) is 108 Å². The van der Waals surface area contributed by atoms with Gasteiger partial charge in [0.2, 0.25) is 0 Å². The Kier molecular flexibility index (Phi) is 8.18. The molecule has 8 heteroatoms. The van der Waals surface area contributed by atoms with E-state index in [0.717, 1.165) is 32.4 Å². The van der Waals surface area contributed by atoms with Crippen molar-refractivity contribution in [3.8, 4) is 0 Å². The number of sulfone groups is 1. The number of carbonyl (C=O) groups is 1. The predicted molar refractivity (Wildman–Crippen MR) is 189 cm³/mol. The predicted octanol–water partition coefficient (Wildman–Crippen LogP) is 6.24. The highest BCUT2D eigenvalue weighted by atomic mass is 32.2. The summed E-state index contributed by atoms with van der Waals surface area (Å²) >= 11 is 0.